The number of nitrogens with zero attached hydrogens (tertiary/aromatic N) is 3. The van der Waals surface area contributed by atoms with Gasteiger partial charge in [0.2, 0.25) is 5.91 Å². The molecule has 10 heteroatoms. The van der Waals surface area contributed by atoms with Crippen LogP contribution in [0, 0.1) is 0 Å². The fraction of sp³-hybridized carbons (Fsp3) is 0.385. The van der Waals surface area contributed by atoms with Gasteiger partial charge in [-0.1, -0.05) is 11.6 Å². The van der Waals surface area contributed by atoms with Gasteiger partial charge in [0.25, 0.3) is 5.91 Å². The molecular formula is C26H30ClN5O4. The Hall–Kier alpha value is -3.43. The molecule has 1 aliphatic rings. The molecule has 0 saturated carbocycles. The SMILES string of the molecule is COC(=O)c1ccc2c(c1)cc(C(=O)NC1CCN(C(C)C)CC1)n2CC(=O)Nc1ccc(Cl)cn1. The van der Waals surface area contributed by atoms with Gasteiger partial charge in [0, 0.05) is 42.3 Å². The number of fused-ring (bicyclic) bond motifs is 1. The van der Waals surface area contributed by atoms with Crippen LogP contribution in [0.5, 0.6) is 0 Å². The molecule has 0 unspecified atom stereocenters. The van der Waals surface area contributed by atoms with Gasteiger partial charge in [-0.05, 0) is 63.1 Å². The Labute approximate surface area is 214 Å². The van der Waals surface area contributed by atoms with Gasteiger partial charge in [0.1, 0.15) is 18.1 Å². The Morgan fingerprint density at radius 1 is 1.14 bits per heavy atom. The van der Waals surface area contributed by atoms with E-state index in [1.54, 1.807) is 41.0 Å². The van der Waals surface area contributed by atoms with Crippen LogP contribution in [0.4, 0.5) is 5.82 Å². The van der Waals surface area contributed by atoms with Crippen molar-refractivity contribution in [2.45, 2.75) is 45.3 Å². The molecule has 3 aromatic rings. The third kappa shape index (κ3) is 5.85. The van der Waals surface area contributed by atoms with Gasteiger partial charge in [0.15, 0.2) is 0 Å². The lowest BCUT2D eigenvalue weighted by atomic mass is 10.0. The van der Waals surface area contributed by atoms with Crippen molar-refractivity contribution >= 4 is 46.1 Å². The van der Waals surface area contributed by atoms with Crippen LogP contribution >= 0.6 is 11.6 Å². The molecule has 2 amide bonds. The first-order chi connectivity index (χ1) is 17.2. The van der Waals surface area contributed by atoms with E-state index in [9.17, 15) is 14.4 Å². The molecule has 9 nitrogen and oxygen atoms in total. The molecule has 0 atom stereocenters. The first-order valence-corrected chi connectivity index (χ1v) is 12.3. The molecular weight excluding hydrogens is 482 g/mol. The molecule has 1 saturated heterocycles. The van der Waals surface area contributed by atoms with Gasteiger partial charge in [0.05, 0.1) is 17.7 Å². The van der Waals surface area contributed by atoms with Crippen molar-refractivity contribution in [3.05, 3.63) is 58.9 Å². The summed E-state index contributed by atoms with van der Waals surface area (Å²) < 4.78 is 6.48. The molecule has 1 aromatic carbocycles. The average molecular weight is 512 g/mol. The Balaban J connectivity index is 1.59. The van der Waals surface area contributed by atoms with Crippen molar-refractivity contribution in [2.24, 2.45) is 0 Å². The van der Waals surface area contributed by atoms with Crippen molar-refractivity contribution in [3.63, 3.8) is 0 Å². The maximum atomic E-state index is 13.4. The van der Waals surface area contributed by atoms with Crippen molar-refractivity contribution in [2.75, 3.05) is 25.5 Å². The summed E-state index contributed by atoms with van der Waals surface area (Å²) in [5.41, 5.74) is 1.36. The quantitative estimate of drug-likeness (QED) is 0.468. The van der Waals surface area contributed by atoms with Crippen LogP contribution in [0.2, 0.25) is 5.02 Å². The van der Waals surface area contributed by atoms with Crippen LogP contribution < -0.4 is 10.6 Å². The number of ether oxygens (including phenoxy) is 1. The second kappa shape index (κ2) is 11.1. The van der Waals surface area contributed by atoms with Gasteiger partial charge in [-0.25, -0.2) is 9.78 Å². The van der Waals surface area contributed by atoms with E-state index in [4.69, 9.17) is 16.3 Å². The number of esters is 1. The lowest BCUT2D eigenvalue weighted by molar-refractivity contribution is -0.116. The second-order valence-corrected chi connectivity index (χ2v) is 9.60. The monoisotopic (exact) mass is 511 g/mol. The zero-order valence-corrected chi connectivity index (χ0v) is 21.3. The fourth-order valence-corrected chi connectivity index (χ4v) is 4.58. The largest absolute Gasteiger partial charge is 0.465 e. The number of carbonyl (C=O) groups excluding carboxylic acids is 3. The van der Waals surface area contributed by atoms with Gasteiger partial charge < -0.3 is 24.8 Å². The highest BCUT2D eigenvalue weighted by atomic mass is 35.5. The van der Waals surface area contributed by atoms with Gasteiger partial charge >= 0.3 is 5.97 Å². The highest BCUT2D eigenvalue weighted by Gasteiger charge is 2.25. The topological polar surface area (TPSA) is 106 Å². The highest BCUT2D eigenvalue weighted by Crippen LogP contribution is 2.23. The second-order valence-electron chi connectivity index (χ2n) is 9.17. The van der Waals surface area contributed by atoms with E-state index in [1.165, 1.54) is 13.3 Å². The molecule has 3 heterocycles. The minimum atomic E-state index is -0.473. The number of benzene rings is 1. The minimum Gasteiger partial charge on any atom is -0.465 e. The van der Waals surface area contributed by atoms with Gasteiger partial charge in [-0.3, -0.25) is 9.59 Å². The lowest BCUT2D eigenvalue weighted by Crippen LogP contribution is -2.47. The Kier molecular flexibility index (Phi) is 7.91. The molecule has 36 heavy (non-hydrogen) atoms. The zero-order chi connectivity index (χ0) is 25.8. The first kappa shape index (κ1) is 25.7. The van der Waals surface area contributed by atoms with Crippen molar-refractivity contribution < 1.29 is 19.1 Å². The Morgan fingerprint density at radius 2 is 1.89 bits per heavy atom. The molecule has 0 radical (unpaired) electrons. The maximum Gasteiger partial charge on any atom is 0.337 e. The van der Waals surface area contributed by atoms with Crippen LogP contribution in [-0.4, -0.2) is 64.5 Å². The highest BCUT2D eigenvalue weighted by molar-refractivity contribution is 6.30. The number of methoxy groups -OCH3 is 1. The summed E-state index contributed by atoms with van der Waals surface area (Å²) in [5, 5.41) is 6.99. The van der Waals surface area contributed by atoms with Crippen LogP contribution in [-0.2, 0) is 16.1 Å². The number of rotatable bonds is 7. The number of pyridine rings is 1. The summed E-state index contributed by atoms with van der Waals surface area (Å²) >= 11 is 5.87. The molecule has 1 aliphatic heterocycles. The number of halogens is 1. The van der Waals surface area contributed by atoms with Crippen molar-refractivity contribution in [1.82, 2.24) is 19.8 Å². The number of piperidine rings is 1. The molecule has 0 bridgehead atoms. The normalized spacial score (nSPS) is 14.7. The molecule has 2 aromatic heterocycles. The van der Waals surface area contributed by atoms with Gasteiger partial charge in [-0.2, -0.15) is 0 Å². The molecule has 1 fully saturated rings. The summed E-state index contributed by atoms with van der Waals surface area (Å²) in [5.74, 6) is -0.722. The van der Waals surface area contributed by atoms with E-state index in [-0.39, 0.29) is 24.4 Å². The maximum absolute atomic E-state index is 13.4. The summed E-state index contributed by atoms with van der Waals surface area (Å²) in [6, 6.07) is 10.5. The number of carbonyl (C=O) groups is 3. The summed E-state index contributed by atoms with van der Waals surface area (Å²) in [7, 11) is 1.32. The van der Waals surface area contributed by atoms with E-state index in [1.807, 2.05) is 0 Å². The standard InChI is InChI=1S/C26H30ClN5O4/c1-16(2)31-10-8-20(9-11-31)29-25(34)22-13-18-12-17(26(35)36-3)4-6-21(18)32(22)15-24(33)30-23-7-5-19(27)14-28-23/h4-7,12-14,16,20H,8-11,15H2,1-3H3,(H,29,34)(H,28,30,33). The Morgan fingerprint density at radius 3 is 2.53 bits per heavy atom. The van der Waals surface area contributed by atoms with E-state index in [0.717, 1.165) is 25.9 Å². The van der Waals surface area contributed by atoms with Crippen LogP contribution in [0.3, 0.4) is 0 Å². The number of hydrogen-bond donors (Lipinski definition) is 2. The predicted molar refractivity (Wildman–Crippen MR) is 138 cm³/mol. The summed E-state index contributed by atoms with van der Waals surface area (Å²) in [6.07, 6.45) is 3.17. The Bertz CT molecular complexity index is 1260. The smallest absolute Gasteiger partial charge is 0.337 e. The van der Waals surface area contributed by atoms with Crippen molar-refractivity contribution in [3.8, 4) is 0 Å². The first-order valence-electron chi connectivity index (χ1n) is 11.9. The summed E-state index contributed by atoms with van der Waals surface area (Å²) in [4.78, 5) is 44.8. The zero-order valence-electron chi connectivity index (χ0n) is 20.6. The minimum absolute atomic E-state index is 0.0525. The third-order valence-corrected chi connectivity index (χ3v) is 6.67. The molecule has 4 rings (SSSR count). The van der Waals surface area contributed by atoms with E-state index in [0.29, 0.717) is 39.0 Å². The number of anilines is 1. The average Bonchev–Trinajstić information content (AvgIpc) is 3.22. The number of likely N-dealkylation sites (tertiary alicyclic amines) is 1. The van der Waals surface area contributed by atoms with Crippen LogP contribution in [0.25, 0.3) is 10.9 Å². The van der Waals surface area contributed by atoms with Crippen molar-refractivity contribution in [1.29, 1.82) is 0 Å². The third-order valence-electron chi connectivity index (χ3n) is 6.45. The van der Waals surface area contributed by atoms with E-state index >= 15 is 0 Å². The molecule has 0 spiro atoms. The van der Waals surface area contributed by atoms with Crippen LogP contribution in [0.1, 0.15) is 47.5 Å². The lowest BCUT2D eigenvalue weighted by Gasteiger charge is -2.34. The van der Waals surface area contributed by atoms with E-state index < -0.39 is 5.97 Å². The summed E-state index contributed by atoms with van der Waals surface area (Å²) in [6.45, 7) is 6.07. The molecule has 2 N–H and O–H groups in total. The predicted octanol–water partition coefficient (Wildman–Crippen LogP) is 3.72. The number of aromatic nitrogens is 2. The molecule has 0 aliphatic carbocycles. The van der Waals surface area contributed by atoms with E-state index in [2.05, 4.69) is 34.4 Å². The molecule has 190 valence electrons. The van der Waals surface area contributed by atoms with Gasteiger partial charge in [-0.15, -0.1) is 0 Å². The number of hydrogen-bond acceptors (Lipinski definition) is 6. The number of amides is 2. The van der Waals surface area contributed by atoms with Crippen LogP contribution in [0.15, 0.2) is 42.6 Å². The number of nitrogens with one attached hydrogen (secondary N) is 2. The fourth-order valence-electron chi connectivity index (χ4n) is 4.47.